The first-order chi connectivity index (χ1) is 4.79. The summed E-state index contributed by atoms with van der Waals surface area (Å²) < 4.78 is 0. The minimum atomic E-state index is 0.454. The molecule has 0 radical (unpaired) electrons. The van der Waals surface area contributed by atoms with E-state index in [1.165, 1.54) is 0 Å². The highest BCUT2D eigenvalue weighted by atomic mass is 15.6. The van der Waals surface area contributed by atoms with Crippen LogP contribution in [0.5, 0.6) is 0 Å². The Morgan fingerprint density at radius 1 is 1.40 bits per heavy atom. The molecule has 0 amide bonds. The van der Waals surface area contributed by atoms with E-state index >= 15 is 0 Å². The molecule has 1 heterocycles. The lowest BCUT2D eigenvalue weighted by Crippen LogP contribution is -2.36. The van der Waals surface area contributed by atoms with Crippen LogP contribution in [0.2, 0.25) is 0 Å². The molecule has 10 heavy (non-hydrogen) atoms. The summed E-state index contributed by atoms with van der Waals surface area (Å²) in [6, 6.07) is 0. The first-order valence-electron chi connectivity index (χ1n) is 3.86. The quantitative estimate of drug-likeness (QED) is 0.569. The third kappa shape index (κ3) is 1.08. The van der Waals surface area contributed by atoms with Crippen molar-refractivity contribution in [2.45, 2.75) is 26.9 Å². The van der Waals surface area contributed by atoms with Gasteiger partial charge in [0.15, 0.2) is 0 Å². The van der Waals surface area contributed by atoms with Gasteiger partial charge in [-0.2, -0.15) is 5.10 Å². The molecule has 0 aromatic rings. The Labute approximate surface area is 62.3 Å². The van der Waals surface area contributed by atoms with Gasteiger partial charge in [-0.3, -0.25) is 5.01 Å². The van der Waals surface area contributed by atoms with Crippen molar-refractivity contribution >= 4 is 6.34 Å². The maximum Gasteiger partial charge on any atom is 0.116 e. The van der Waals surface area contributed by atoms with Crippen LogP contribution in [0.1, 0.15) is 20.8 Å². The minimum absolute atomic E-state index is 0.454. The number of hydrogen-bond acceptors (Lipinski definition) is 3. The van der Waals surface area contributed by atoms with Gasteiger partial charge in [-0.05, 0) is 20.8 Å². The smallest absolute Gasteiger partial charge is 0.116 e. The summed E-state index contributed by atoms with van der Waals surface area (Å²) >= 11 is 0. The fraction of sp³-hybridized carbons (Fsp3) is 0.857. The summed E-state index contributed by atoms with van der Waals surface area (Å²) in [5.74, 6) is 0. The highest BCUT2D eigenvalue weighted by Crippen LogP contribution is 2.09. The molecular formula is C7H15N3. The van der Waals surface area contributed by atoms with E-state index in [9.17, 15) is 0 Å². The van der Waals surface area contributed by atoms with Gasteiger partial charge >= 0.3 is 0 Å². The Kier molecular flexibility index (Phi) is 2.14. The van der Waals surface area contributed by atoms with Gasteiger partial charge in [0.05, 0.1) is 0 Å². The average Bonchev–Trinajstić information content (AvgIpc) is 2.30. The molecule has 1 aliphatic rings. The molecule has 3 heteroatoms. The van der Waals surface area contributed by atoms with E-state index in [2.05, 4.69) is 35.8 Å². The lowest BCUT2D eigenvalue weighted by molar-refractivity contribution is 0.158. The third-order valence-electron chi connectivity index (χ3n) is 1.95. The molecule has 0 aliphatic carbocycles. The van der Waals surface area contributed by atoms with Crippen molar-refractivity contribution in [3.05, 3.63) is 0 Å². The van der Waals surface area contributed by atoms with Crippen molar-refractivity contribution in [3.63, 3.8) is 0 Å². The van der Waals surface area contributed by atoms with Crippen LogP contribution in [0, 0.1) is 0 Å². The highest BCUT2D eigenvalue weighted by molar-refractivity contribution is 5.56. The van der Waals surface area contributed by atoms with E-state index < -0.39 is 0 Å². The SMILES string of the molecule is CCN1C=NN(CC)C1C. The molecule has 0 fully saturated rings. The van der Waals surface area contributed by atoms with Gasteiger partial charge in [0.25, 0.3) is 0 Å². The molecule has 0 saturated carbocycles. The maximum atomic E-state index is 4.22. The van der Waals surface area contributed by atoms with Crippen LogP contribution in [-0.2, 0) is 0 Å². The van der Waals surface area contributed by atoms with E-state index in [0.29, 0.717) is 6.17 Å². The predicted octanol–water partition coefficient (Wildman–Crippen LogP) is 0.933. The molecule has 3 nitrogen and oxygen atoms in total. The molecule has 0 N–H and O–H groups in total. The largest absolute Gasteiger partial charge is 0.340 e. The number of nitrogens with zero attached hydrogens (tertiary/aromatic N) is 3. The van der Waals surface area contributed by atoms with E-state index in [1.807, 2.05) is 6.34 Å². The molecule has 58 valence electrons. The van der Waals surface area contributed by atoms with Crippen LogP contribution in [0.25, 0.3) is 0 Å². The lowest BCUT2D eigenvalue weighted by Gasteiger charge is -2.25. The lowest BCUT2D eigenvalue weighted by atomic mass is 10.4. The van der Waals surface area contributed by atoms with Crippen LogP contribution in [0.3, 0.4) is 0 Å². The van der Waals surface area contributed by atoms with E-state index in [4.69, 9.17) is 0 Å². The second-order valence-electron chi connectivity index (χ2n) is 2.45. The van der Waals surface area contributed by atoms with Gasteiger partial charge in [-0.1, -0.05) is 0 Å². The summed E-state index contributed by atoms with van der Waals surface area (Å²) in [4.78, 5) is 2.21. The summed E-state index contributed by atoms with van der Waals surface area (Å²) in [6.07, 6.45) is 2.36. The van der Waals surface area contributed by atoms with Gasteiger partial charge in [0.2, 0.25) is 0 Å². The Bertz CT molecular complexity index is 119. The van der Waals surface area contributed by atoms with Crippen molar-refractivity contribution in [1.82, 2.24) is 9.91 Å². The van der Waals surface area contributed by atoms with Gasteiger partial charge in [0, 0.05) is 13.1 Å². The number of rotatable bonds is 2. The summed E-state index contributed by atoms with van der Waals surface area (Å²) in [7, 11) is 0. The van der Waals surface area contributed by atoms with Crippen molar-refractivity contribution in [1.29, 1.82) is 0 Å². The first-order valence-corrected chi connectivity index (χ1v) is 3.86. The molecule has 0 aromatic carbocycles. The summed E-state index contributed by atoms with van der Waals surface area (Å²) in [5, 5.41) is 6.29. The number of hydrogen-bond donors (Lipinski definition) is 0. The zero-order valence-corrected chi connectivity index (χ0v) is 6.91. The van der Waals surface area contributed by atoms with Crippen LogP contribution in [0.4, 0.5) is 0 Å². The topological polar surface area (TPSA) is 18.8 Å². The van der Waals surface area contributed by atoms with Crippen LogP contribution >= 0.6 is 0 Å². The second-order valence-corrected chi connectivity index (χ2v) is 2.45. The van der Waals surface area contributed by atoms with Crippen LogP contribution in [0.15, 0.2) is 5.10 Å². The minimum Gasteiger partial charge on any atom is -0.340 e. The number of hydrazone groups is 1. The maximum absolute atomic E-state index is 4.22. The van der Waals surface area contributed by atoms with E-state index in [-0.39, 0.29) is 0 Å². The van der Waals surface area contributed by atoms with Gasteiger partial charge in [0.1, 0.15) is 12.5 Å². The molecule has 1 rings (SSSR count). The Morgan fingerprint density at radius 2 is 2.10 bits per heavy atom. The van der Waals surface area contributed by atoms with Gasteiger partial charge in [-0.15, -0.1) is 0 Å². The van der Waals surface area contributed by atoms with E-state index in [0.717, 1.165) is 13.1 Å². The molecule has 1 unspecified atom stereocenters. The summed E-state index contributed by atoms with van der Waals surface area (Å²) in [6.45, 7) is 8.46. The molecule has 0 saturated heterocycles. The summed E-state index contributed by atoms with van der Waals surface area (Å²) in [5.41, 5.74) is 0. The monoisotopic (exact) mass is 141 g/mol. The van der Waals surface area contributed by atoms with Crippen molar-refractivity contribution < 1.29 is 0 Å². The molecule has 1 aliphatic heterocycles. The fourth-order valence-electron chi connectivity index (χ4n) is 1.19. The zero-order valence-electron chi connectivity index (χ0n) is 6.91. The van der Waals surface area contributed by atoms with E-state index in [1.54, 1.807) is 0 Å². The molecule has 0 bridgehead atoms. The second kappa shape index (κ2) is 2.90. The highest BCUT2D eigenvalue weighted by Gasteiger charge is 2.19. The Morgan fingerprint density at radius 3 is 2.40 bits per heavy atom. The van der Waals surface area contributed by atoms with Crippen molar-refractivity contribution in [3.8, 4) is 0 Å². The molecule has 1 atom stereocenters. The fourth-order valence-corrected chi connectivity index (χ4v) is 1.19. The molecular weight excluding hydrogens is 126 g/mol. The van der Waals surface area contributed by atoms with Gasteiger partial charge in [-0.25, -0.2) is 0 Å². The Balaban J connectivity index is 2.49. The molecule has 0 aromatic heterocycles. The normalized spacial score (nSPS) is 24.5. The van der Waals surface area contributed by atoms with Crippen molar-refractivity contribution in [2.75, 3.05) is 13.1 Å². The Hall–Kier alpha value is -0.730. The van der Waals surface area contributed by atoms with Crippen molar-refractivity contribution in [2.24, 2.45) is 5.10 Å². The van der Waals surface area contributed by atoms with Gasteiger partial charge < -0.3 is 4.90 Å². The standard InChI is InChI=1S/C7H15N3/c1-4-9-6-8-10(5-2)7(9)3/h6-7H,4-5H2,1-3H3. The third-order valence-corrected chi connectivity index (χ3v) is 1.95. The molecule has 0 spiro atoms. The zero-order chi connectivity index (χ0) is 7.56. The van der Waals surface area contributed by atoms with Crippen LogP contribution < -0.4 is 0 Å². The average molecular weight is 141 g/mol. The first kappa shape index (κ1) is 7.38. The predicted molar refractivity (Wildman–Crippen MR) is 42.7 cm³/mol. The van der Waals surface area contributed by atoms with Crippen LogP contribution in [-0.4, -0.2) is 35.5 Å².